The standard InChI is InChI=1S/C13H15NO3/c1-2-13(16)17-11-7-5-10(6-8-11)14-9-3-4-12(14)15/h5-8H,2-4,9H2,1H3. The van der Waals surface area contributed by atoms with Crippen LogP contribution in [0, 0.1) is 0 Å². The minimum atomic E-state index is -0.255. The summed E-state index contributed by atoms with van der Waals surface area (Å²) in [6.45, 7) is 2.52. The summed E-state index contributed by atoms with van der Waals surface area (Å²) in [5.41, 5.74) is 0.865. The first kappa shape index (κ1) is 11.6. The van der Waals surface area contributed by atoms with Gasteiger partial charge >= 0.3 is 5.97 Å². The Bertz CT molecular complexity index is 425. The van der Waals surface area contributed by atoms with Gasteiger partial charge in [0.15, 0.2) is 0 Å². The second-order valence-electron chi connectivity index (χ2n) is 3.97. The molecule has 2 rings (SSSR count). The van der Waals surface area contributed by atoms with Crippen molar-refractivity contribution in [1.82, 2.24) is 0 Å². The molecule has 1 aliphatic rings. The zero-order valence-electron chi connectivity index (χ0n) is 9.81. The van der Waals surface area contributed by atoms with E-state index in [0.29, 0.717) is 18.6 Å². The highest BCUT2D eigenvalue weighted by Gasteiger charge is 2.21. The van der Waals surface area contributed by atoms with Crippen molar-refractivity contribution >= 4 is 17.6 Å². The Morgan fingerprint density at radius 2 is 2.06 bits per heavy atom. The van der Waals surface area contributed by atoms with Gasteiger partial charge in [-0.15, -0.1) is 0 Å². The molecule has 1 aliphatic heterocycles. The van der Waals surface area contributed by atoms with Crippen LogP contribution in [-0.2, 0) is 9.59 Å². The number of rotatable bonds is 3. The van der Waals surface area contributed by atoms with Crippen LogP contribution in [0.5, 0.6) is 5.75 Å². The van der Waals surface area contributed by atoms with Crippen LogP contribution in [-0.4, -0.2) is 18.4 Å². The van der Waals surface area contributed by atoms with Crippen molar-refractivity contribution in [3.63, 3.8) is 0 Å². The number of hydrogen-bond acceptors (Lipinski definition) is 3. The highest BCUT2D eigenvalue weighted by Crippen LogP contribution is 2.23. The van der Waals surface area contributed by atoms with E-state index >= 15 is 0 Å². The first-order valence-electron chi connectivity index (χ1n) is 5.82. The molecule has 17 heavy (non-hydrogen) atoms. The van der Waals surface area contributed by atoms with Crippen molar-refractivity contribution < 1.29 is 14.3 Å². The Hall–Kier alpha value is -1.84. The molecule has 1 aromatic rings. The van der Waals surface area contributed by atoms with Crippen LogP contribution >= 0.6 is 0 Å². The molecular formula is C13H15NO3. The summed E-state index contributed by atoms with van der Waals surface area (Å²) in [5.74, 6) is 0.422. The summed E-state index contributed by atoms with van der Waals surface area (Å²) in [6.07, 6.45) is 1.88. The molecule has 0 aliphatic carbocycles. The number of ether oxygens (including phenoxy) is 1. The molecule has 0 bridgehead atoms. The van der Waals surface area contributed by atoms with E-state index in [1.165, 1.54) is 0 Å². The number of carbonyl (C=O) groups is 2. The Balaban J connectivity index is 2.07. The summed E-state index contributed by atoms with van der Waals surface area (Å²) in [4.78, 5) is 24.4. The highest BCUT2D eigenvalue weighted by molar-refractivity contribution is 5.95. The molecule has 4 heteroatoms. The lowest BCUT2D eigenvalue weighted by Crippen LogP contribution is -2.23. The summed E-state index contributed by atoms with van der Waals surface area (Å²) in [7, 11) is 0. The zero-order valence-corrected chi connectivity index (χ0v) is 9.81. The van der Waals surface area contributed by atoms with E-state index in [0.717, 1.165) is 18.7 Å². The summed E-state index contributed by atoms with van der Waals surface area (Å²) >= 11 is 0. The molecule has 0 spiro atoms. The van der Waals surface area contributed by atoms with Gasteiger partial charge in [-0.05, 0) is 30.7 Å². The summed E-state index contributed by atoms with van der Waals surface area (Å²) < 4.78 is 5.07. The molecule has 0 atom stereocenters. The average Bonchev–Trinajstić information content (AvgIpc) is 2.76. The number of nitrogens with zero attached hydrogens (tertiary/aromatic N) is 1. The van der Waals surface area contributed by atoms with Gasteiger partial charge in [-0.1, -0.05) is 6.92 Å². The molecule has 1 aromatic carbocycles. The van der Waals surface area contributed by atoms with Crippen LogP contribution in [0.4, 0.5) is 5.69 Å². The topological polar surface area (TPSA) is 46.6 Å². The number of hydrogen-bond donors (Lipinski definition) is 0. The third-order valence-electron chi connectivity index (χ3n) is 2.74. The largest absolute Gasteiger partial charge is 0.427 e. The normalized spacial score (nSPS) is 15.1. The highest BCUT2D eigenvalue weighted by atomic mass is 16.5. The van der Waals surface area contributed by atoms with Gasteiger partial charge in [0.05, 0.1) is 0 Å². The molecule has 0 radical (unpaired) electrons. The number of esters is 1. The van der Waals surface area contributed by atoms with E-state index in [1.807, 2.05) is 12.1 Å². The predicted octanol–water partition coefficient (Wildman–Crippen LogP) is 2.13. The molecule has 4 nitrogen and oxygen atoms in total. The number of amides is 1. The first-order valence-corrected chi connectivity index (χ1v) is 5.82. The molecule has 1 amide bonds. The van der Waals surface area contributed by atoms with Crippen LogP contribution in [0.25, 0.3) is 0 Å². The smallest absolute Gasteiger partial charge is 0.310 e. The van der Waals surface area contributed by atoms with Gasteiger partial charge in [-0.25, -0.2) is 0 Å². The average molecular weight is 233 g/mol. The van der Waals surface area contributed by atoms with Crippen LogP contribution in [0.1, 0.15) is 26.2 Å². The third kappa shape index (κ3) is 2.64. The maximum Gasteiger partial charge on any atom is 0.310 e. The Labute approximate surface area is 100 Å². The molecule has 90 valence electrons. The maximum absolute atomic E-state index is 11.5. The minimum Gasteiger partial charge on any atom is -0.427 e. The molecule has 0 unspecified atom stereocenters. The molecule has 0 N–H and O–H groups in total. The third-order valence-corrected chi connectivity index (χ3v) is 2.74. The monoisotopic (exact) mass is 233 g/mol. The summed E-state index contributed by atoms with van der Waals surface area (Å²) in [6, 6.07) is 7.05. The maximum atomic E-state index is 11.5. The van der Waals surface area contributed by atoms with E-state index in [1.54, 1.807) is 24.0 Å². The van der Waals surface area contributed by atoms with Crippen LogP contribution in [0.2, 0.25) is 0 Å². The van der Waals surface area contributed by atoms with Gasteiger partial charge in [0.2, 0.25) is 5.91 Å². The Morgan fingerprint density at radius 1 is 1.35 bits per heavy atom. The fourth-order valence-electron chi connectivity index (χ4n) is 1.82. The van der Waals surface area contributed by atoms with Crippen LogP contribution < -0.4 is 9.64 Å². The van der Waals surface area contributed by atoms with Gasteiger partial charge in [0.25, 0.3) is 0 Å². The molecule has 1 saturated heterocycles. The van der Waals surface area contributed by atoms with Gasteiger partial charge in [-0.2, -0.15) is 0 Å². The first-order chi connectivity index (χ1) is 8.20. The predicted molar refractivity (Wildman–Crippen MR) is 64.0 cm³/mol. The van der Waals surface area contributed by atoms with Gasteiger partial charge in [0, 0.05) is 25.1 Å². The summed E-state index contributed by atoms with van der Waals surface area (Å²) in [5, 5.41) is 0. The zero-order chi connectivity index (χ0) is 12.3. The second-order valence-corrected chi connectivity index (χ2v) is 3.97. The Morgan fingerprint density at radius 3 is 2.59 bits per heavy atom. The molecule has 0 saturated carbocycles. The van der Waals surface area contributed by atoms with E-state index in [9.17, 15) is 9.59 Å². The molecule has 1 fully saturated rings. The van der Waals surface area contributed by atoms with E-state index in [4.69, 9.17) is 4.74 Å². The number of benzene rings is 1. The van der Waals surface area contributed by atoms with Gasteiger partial charge in [0.1, 0.15) is 5.75 Å². The number of anilines is 1. The lowest BCUT2D eigenvalue weighted by molar-refractivity contribution is -0.134. The van der Waals surface area contributed by atoms with Crippen molar-refractivity contribution in [2.24, 2.45) is 0 Å². The van der Waals surface area contributed by atoms with Gasteiger partial charge < -0.3 is 9.64 Å². The van der Waals surface area contributed by atoms with Gasteiger partial charge in [-0.3, -0.25) is 9.59 Å². The van der Waals surface area contributed by atoms with Crippen molar-refractivity contribution in [2.45, 2.75) is 26.2 Å². The van der Waals surface area contributed by atoms with E-state index in [2.05, 4.69) is 0 Å². The van der Waals surface area contributed by atoms with Crippen LogP contribution in [0.15, 0.2) is 24.3 Å². The van der Waals surface area contributed by atoms with E-state index < -0.39 is 0 Å². The lowest BCUT2D eigenvalue weighted by Gasteiger charge is -2.15. The SMILES string of the molecule is CCC(=O)Oc1ccc(N2CCCC2=O)cc1. The number of carbonyl (C=O) groups excluding carboxylic acids is 2. The minimum absolute atomic E-state index is 0.156. The fourth-order valence-corrected chi connectivity index (χ4v) is 1.82. The Kier molecular flexibility index (Phi) is 3.42. The lowest BCUT2D eigenvalue weighted by atomic mass is 10.3. The van der Waals surface area contributed by atoms with Crippen molar-refractivity contribution in [2.75, 3.05) is 11.4 Å². The fraction of sp³-hybridized carbons (Fsp3) is 0.385. The van der Waals surface area contributed by atoms with E-state index in [-0.39, 0.29) is 11.9 Å². The second kappa shape index (κ2) is 4.99. The van der Waals surface area contributed by atoms with Crippen molar-refractivity contribution in [3.8, 4) is 5.75 Å². The van der Waals surface area contributed by atoms with Crippen molar-refractivity contribution in [3.05, 3.63) is 24.3 Å². The quantitative estimate of drug-likeness (QED) is 0.593. The van der Waals surface area contributed by atoms with Crippen molar-refractivity contribution in [1.29, 1.82) is 0 Å². The van der Waals surface area contributed by atoms with Crippen LogP contribution in [0.3, 0.4) is 0 Å². The molecule has 0 aromatic heterocycles. The molecular weight excluding hydrogens is 218 g/mol. The molecule has 1 heterocycles.